The first-order valence-electron chi connectivity index (χ1n) is 8.99. The highest BCUT2D eigenvalue weighted by Crippen LogP contribution is 2.21. The Morgan fingerprint density at radius 1 is 1.08 bits per heavy atom. The van der Waals surface area contributed by atoms with Crippen molar-refractivity contribution >= 4 is 17.5 Å². The molecule has 0 spiro atoms. The van der Waals surface area contributed by atoms with E-state index < -0.39 is 0 Å². The minimum Gasteiger partial charge on any atom is -0.492 e. The number of benzene rings is 2. The van der Waals surface area contributed by atoms with Crippen LogP contribution >= 0.6 is 0 Å². The average Bonchev–Trinajstić information content (AvgIpc) is 2.69. The van der Waals surface area contributed by atoms with Gasteiger partial charge >= 0.3 is 0 Å². The highest BCUT2D eigenvalue weighted by atomic mass is 16.5. The lowest BCUT2D eigenvalue weighted by Crippen LogP contribution is -2.35. The van der Waals surface area contributed by atoms with Crippen LogP contribution in [0.3, 0.4) is 0 Å². The van der Waals surface area contributed by atoms with Crippen molar-refractivity contribution in [2.45, 2.75) is 19.3 Å². The number of rotatable bonds is 6. The number of hydrogen-bond acceptors (Lipinski definition) is 3. The molecule has 1 saturated heterocycles. The van der Waals surface area contributed by atoms with Crippen LogP contribution in [0.1, 0.15) is 29.6 Å². The van der Waals surface area contributed by atoms with Crippen LogP contribution in [0.5, 0.6) is 5.75 Å². The van der Waals surface area contributed by atoms with E-state index in [-0.39, 0.29) is 11.8 Å². The zero-order valence-corrected chi connectivity index (χ0v) is 15.1. The summed E-state index contributed by atoms with van der Waals surface area (Å²) in [4.78, 5) is 28.0. The normalized spacial score (nSPS) is 14.2. The molecule has 1 aliphatic rings. The van der Waals surface area contributed by atoms with Gasteiger partial charge in [0.25, 0.3) is 5.91 Å². The summed E-state index contributed by atoms with van der Waals surface area (Å²) < 4.78 is 5.63. The molecule has 2 aromatic rings. The third-order valence-corrected chi connectivity index (χ3v) is 4.53. The average molecular weight is 352 g/mol. The SMILES string of the molecule is CN(CCOc1ccccc1)C(=O)c1ccc(N2CCCCC2=O)cc1. The number of carbonyl (C=O) groups excluding carboxylic acids is 2. The largest absolute Gasteiger partial charge is 0.492 e. The summed E-state index contributed by atoms with van der Waals surface area (Å²) >= 11 is 0. The molecule has 0 saturated carbocycles. The van der Waals surface area contributed by atoms with Crippen LogP contribution in [0.25, 0.3) is 0 Å². The maximum absolute atomic E-state index is 12.5. The van der Waals surface area contributed by atoms with Crippen LogP contribution in [-0.2, 0) is 4.79 Å². The maximum Gasteiger partial charge on any atom is 0.253 e. The van der Waals surface area contributed by atoms with Crippen molar-refractivity contribution < 1.29 is 14.3 Å². The number of amides is 2. The second-order valence-electron chi connectivity index (χ2n) is 6.44. The van der Waals surface area contributed by atoms with Crippen LogP contribution in [-0.4, -0.2) is 43.5 Å². The monoisotopic (exact) mass is 352 g/mol. The van der Waals surface area contributed by atoms with E-state index in [0.29, 0.717) is 25.1 Å². The lowest BCUT2D eigenvalue weighted by molar-refractivity contribution is -0.119. The van der Waals surface area contributed by atoms with E-state index in [1.54, 1.807) is 29.0 Å². The van der Waals surface area contributed by atoms with Gasteiger partial charge < -0.3 is 14.5 Å². The quantitative estimate of drug-likeness (QED) is 0.801. The Balaban J connectivity index is 1.54. The van der Waals surface area contributed by atoms with Crippen molar-refractivity contribution in [1.29, 1.82) is 0 Å². The van der Waals surface area contributed by atoms with Crippen molar-refractivity contribution in [3.8, 4) is 5.75 Å². The fraction of sp³-hybridized carbons (Fsp3) is 0.333. The zero-order chi connectivity index (χ0) is 18.4. The molecule has 0 atom stereocenters. The van der Waals surface area contributed by atoms with Gasteiger partial charge in [0.1, 0.15) is 12.4 Å². The van der Waals surface area contributed by atoms with E-state index >= 15 is 0 Å². The second-order valence-corrected chi connectivity index (χ2v) is 6.44. The minimum atomic E-state index is -0.0572. The Labute approximate surface area is 154 Å². The van der Waals surface area contributed by atoms with Crippen molar-refractivity contribution in [3.63, 3.8) is 0 Å². The van der Waals surface area contributed by atoms with E-state index in [9.17, 15) is 9.59 Å². The number of para-hydroxylation sites is 1. The highest BCUT2D eigenvalue weighted by Gasteiger charge is 2.20. The van der Waals surface area contributed by atoms with Gasteiger partial charge in [-0.05, 0) is 49.2 Å². The van der Waals surface area contributed by atoms with Gasteiger partial charge in [0.2, 0.25) is 5.91 Å². The number of piperidine rings is 1. The Morgan fingerprint density at radius 3 is 2.50 bits per heavy atom. The number of likely N-dealkylation sites (N-methyl/N-ethyl adjacent to an activating group) is 1. The summed E-state index contributed by atoms with van der Waals surface area (Å²) in [5, 5.41) is 0. The lowest BCUT2D eigenvalue weighted by Gasteiger charge is -2.27. The molecule has 3 rings (SSSR count). The predicted octanol–water partition coefficient (Wildman–Crippen LogP) is 3.35. The van der Waals surface area contributed by atoms with Crippen LogP contribution in [0.15, 0.2) is 54.6 Å². The number of carbonyl (C=O) groups is 2. The maximum atomic E-state index is 12.5. The summed E-state index contributed by atoms with van der Waals surface area (Å²) in [6.07, 6.45) is 2.59. The summed E-state index contributed by atoms with van der Waals surface area (Å²) in [6.45, 7) is 1.69. The molecule has 1 fully saturated rings. The fourth-order valence-electron chi connectivity index (χ4n) is 3.00. The first-order valence-corrected chi connectivity index (χ1v) is 8.99. The van der Waals surface area contributed by atoms with Gasteiger partial charge in [0, 0.05) is 31.3 Å². The molecule has 1 heterocycles. The Kier molecular flexibility index (Phi) is 5.89. The molecular formula is C21H24N2O3. The van der Waals surface area contributed by atoms with Crippen molar-refractivity contribution in [3.05, 3.63) is 60.2 Å². The van der Waals surface area contributed by atoms with Gasteiger partial charge in [-0.2, -0.15) is 0 Å². The van der Waals surface area contributed by atoms with Gasteiger partial charge in [0.15, 0.2) is 0 Å². The molecule has 0 N–H and O–H groups in total. The minimum absolute atomic E-state index is 0.0572. The van der Waals surface area contributed by atoms with Crippen molar-refractivity contribution in [1.82, 2.24) is 4.90 Å². The number of ether oxygens (including phenoxy) is 1. The lowest BCUT2D eigenvalue weighted by atomic mass is 10.1. The zero-order valence-electron chi connectivity index (χ0n) is 15.1. The van der Waals surface area contributed by atoms with E-state index in [2.05, 4.69) is 0 Å². The third kappa shape index (κ3) is 4.42. The smallest absolute Gasteiger partial charge is 0.253 e. The van der Waals surface area contributed by atoms with Crippen molar-refractivity contribution in [2.24, 2.45) is 0 Å². The van der Waals surface area contributed by atoms with Gasteiger partial charge in [-0.1, -0.05) is 18.2 Å². The topological polar surface area (TPSA) is 49.9 Å². The molecule has 0 unspecified atom stereocenters. The van der Waals surface area contributed by atoms with Gasteiger partial charge in [-0.3, -0.25) is 9.59 Å². The van der Waals surface area contributed by atoms with Gasteiger partial charge in [0.05, 0.1) is 6.54 Å². The second kappa shape index (κ2) is 8.52. The highest BCUT2D eigenvalue weighted by molar-refractivity contribution is 5.96. The van der Waals surface area contributed by atoms with E-state index in [1.165, 1.54) is 0 Å². The molecule has 2 amide bonds. The van der Waals surface area contributed by atoms with Crippen LogP contribution in [0.4, 0.5) is 5.69 Å². The van der Waals surface area contributed by atoms with Gasteiger partial charge in [-0.15, -0.1) is 0 Å². The number of nitrogens with zero attached hydrogens (tertiary/aromatic N) is 2. The standard InChI is InChI=1S/C21H24N2O3/c1-22(15-16-26-19-7-3-2-4-8-19)21(25)17-10-12-18(13-11-17)23-14-6-5-9-20(23)24/h2-4,7-8,10-13H,5-6,9,14-16H2,1H3. The molecule has 5 heteroatoms. The van der Waals surface area contributed by atoms with Crippen LogP contribution in [0, 0.1) is 0 Å². The molecule has 0 radical (unpaired) electrons. The molecule has 2 aromatic carbocycles. The van der Waals surface area contributed by atoms with Crippen molar-refractivity contribution in [2.75, 3.05) is 31.6 Å². The number of anilines is 1. The molecular weight excluding hydrogens is 328 g/mol. The van der Waals surface area contributed by atoms with E-state index in [0.717, 1.165) is 30.8 Å². The summed E-state index contributed by atoms with van der Waals surface area (Å²) in [5.41, 5.74) is 1.47. The van der Waals surface area contributed by atoms with Gasteiger partial charge in [-0.25, -0.2) is 0 Å². The summed E-state index contributed by atoms with van der Waals surface area (Å²) in [7, 11) is 1.76. The molecule has 5 nitrogen and oxygen atoms in total. The Bertz CT molecular complexity index is 744. The molecule has 136 valence electrons. The molecule has 0 aromatic heterocycles. The number of hydrogen-bond donors (Lipinski definition) is 0. The first kappa shape index (κ1) is 18.0. The fourth-order valence-corrected chi connectivity index (χ4v) is 3.00. The van der Waals surface area contributed by atoms with E-state index in [1.807, 2.05) is 42.5 Å². The summed E-state index contributed by atoms with van der Waals surface area (Å²) in [6, 6.07) is 16.8. The van der Waals surface area contributed by atoms with Crippen LogP contribution < -0.4 is 9.64 Å². The van der Waals surface area contributed by atoms with E-state index in [4.69, 9.17) is 4.74 Å². The molecule has 1 aliphatic heterocycles. The Morgan fingerprint density at radius 2 is 1.81 bits per heavy atom. The summed E-state index contributed by atoms with van der Waals surface area (Å²) in [5.74, 6) is 0.896. The first-order chi connectivity index (χ1) is 12.6. The predicted molar refractivity (Wildman–Crippen MR) is 102 cm³/mol. The third-order valence-electron chi connectivity index (χ3n) is 4.53. The molecule has 26 heavy (non-hydrogen) atoms. The molecule has 0 bridgehead atoms. The van der Waals surface area contributed by atoms with Crippen LogP contribution in [0.2, 0.25) is 0 Å². The Hall–Kier alpha value is -2.82. The molecule has 0 aliphatic carbocycles.